The Morgan fingerprint density at radius 1 is 1.00 bits per heavy atom. The van der Waals surface area contributed by atoms with Crippen LogP contribution in [0, 0.1) is 6.92 Å². The maximum atomic E-state index is 4.69. The maximum Gasteiger partial charge on any atom is 0.0783 e. The second kappa shape index (κ2) is 6.41. The Morgan fingerprint density at radius 2 is 1.67 bits per heavy atom. The topological polar surface area (TPSA) is 12.4 Å². The van der Waals surface area contributed by atoms with Crippen LogP contribution < -0.4 is 0 Å². The van der Waals surface area contributed by atoms with Gasteiger partial charge in [0.1, 0.15) is 0 Å². The molecule has 0 amide bonds. The van der Waals surface area contributed by atoms with Gasteiger partial charge in [-0.15, -0.1) is 0 Å². The molecule has 0 aliphatic carbocycles. The zero-order valence-electron chi connectivity index (χ0n) is 10.8. The van der Waals surface area contributed by atoms with E-state index in [1.54, 1.807) is 11.8 Å². The molecule has 18 heavy (non-hydrogen) atoms. The quantitative estimate of drug-likeness (QED) is 0.416. The van der Waals surface area contributed by atoms with E-state index in [0.717, 1.165) is 17.2 Å². The summed E-state index contributed by atoms with van der Waals surface area (Å²) in [6, 6.07) is 18.6. The molecule has 0 fully saturated rings. The van der Waals surface area contributed by atoms with E-state index in [-0.39, 0.29) is 0 Å². The molecule has 0 atom stereocenters. The van der Waals surface area contributed by atoms with Gasteiger partial charge in [0.15, 0.2) is 0 Å². The van der Waals surface area contributed by atoms with Gasteiger partial charge in [0.25, 0.3) is 0 Å². The van der Waals surface area contributed by atoms with Crippen LogP contribution in [0.2, 0.25) is 0 Å². The van der Waals surface area contributed by atoms with Crippen LogP contribution in [0.3, 0.4) is 0 Å². The first-order valence-corrected chi connectivity index (χ1v) is 6.97. The molecule has 2 rings (SSSR count). The number of nitrogens with zero attached hydrogens (tertiary/aromatic N) is 1. The number of aliphatic imine (C=N–C) groups is 1. The SMILES string of the molecule is CCC(=Nc1ccccc1)Sc1ccccc1C. The van der Waals surface area contributed by atoms with Crippen LogP contribution in [-0.2, 0) is 0 Å². The molecule has 0 aromatic heterocycles. The van der Waals surface area contributed by atoms with Crippen LogP contribution in [-0.4, -0.2) is 5.04 Å². The van der Waals surface area contributed by atoms with E-state index in [1.165, 1.54) is 10.5 Å². The zero-order chi connectivity index (χ0) is 12.8. The maximum absolute atomic E-state index is 4.69. The second-order valence-electron chi connectivity index (χ2n) is 4.06. The number of benzene rings is 2. The van der Waals surface area contributed by atoms with Crippen molar-refractivity contribution in [2.24, 2.45) is 4.99 Å². The van der Waals surface area contributed by atoms with Crippen molar-refractivity contribution in [1.82, 2.24) is 0 Å². The fourth-order valence-electron chi connectivity index (χ4n) is 1.62. The molecule has 0 radical (unpaired) electrons. The number of para-hydroxylation sites is 1. The minimum Gasteiger partial charge on any atom is -0.246 e. The summed E-state index contributed by atoms with van der Waals surface area (Å²) in [5.74, 6) is 0. The standard InChI is InChI=1S/C16H17NS/c1-3-16(17-14-10-5-4-6-11-14)18-15-12-8-7-9-13(15)2/h4-12H,3H2,1-2H3. The Balaban J connectivity index is 2.20. The highest BCUT2D eigenvalue weighted by molar-refractivity contribution is 8.14. The van der Waals surface area contributed by atoms with Crippen molar-refractivity contribution >= 4 is 22.5 Å². The summed E-state index contributed by atoms with van der Waals surface area (Å²) in [5, 5.41) is 1.15. The molecule has 0 unspecified atom stereocenters. The summed E-state index contributed by atoms with van der Waals surface area (Å²) < 4.78 is 0. The Morgan fingerprint density at radius 3 is 2.33 bits per heavy atom. The Bertz CT molecular complexity index is 532. The number of hydrogen-bond donors (Lipinski definition) is 0. The van der Waals surface area contributed by atoms with E-state index in [0.29, 0.717) is 0 Å². The average molecular weight is 255 g/mol. The second-order valence-corrected chi connectivity index (χ2v) is 5.18. The number of hydrogen-bond acceptors (Lipinski definition) is 2. The van der Waals surface area contributed by atoms with Crippen molar-refractivity contribution in [1.29, 1.82) is 0 Å². The molecule has 0 saturated heterocycles. The molecule has 92 valence electrons. The van der Waals surface area contributed by atoms with Crippen LogP contribution in [0.25, 0.3) is 0 Å². The first-order chi connectivity index (χ1) is 8.79. The largest absolute Gasteiger partial charge is 0.246 e. The number of rotatable bonds is 3. The lowest BCUT2D eigenvalue weighted by Gasteiger charge is -2.06. The molecule has 0 bridgehead atoms. The Hall–Kier alpha value is -1.54. The monoisotopic (exact) mass is 255 g/mol. The van der Waals surface area contributed by atoms with E-state index in [9.17, 15) is 0 Å². The average Bonchev–Trinajstić information content (AvgIpc) is 2.41. The van der Waals surface area contributed by atoms with Crippen LogP contribution in [0.4, 0.5) is 5.69 Å². The predicted octanol–water partition coefficient (Wildman–Crippen LogP) is 5.23. The minimum atomic E-state index is 0.952. The first kappa shape index (κ1) is 12.9. The highest BCUT2D eigenvalue weighted by atomic mass is 32.2. The molecule has 2 heteroatoms. The summed E-state index contributed by atoms with van der Waals surface area (Å²) in [7, 11) is 0. The van der Waals surface area contributed by atoms with Crippen LogP contribution in [0.5, 0.6) is 0 Å². The summed E-state index contributed by atoms with van der Waals surface area (Å²) >= 11 is 1.76. The van der Waals surface area contributed by atoms with Gasteiger partial charge in [-0.1, -0.05) is 55.1 Å². The van der Waals surface area contributed by atoms with Gasteiger partial charge in [0.05, 0.1) is 10.7 Å². The molecule has 0 aliphatic rings. The molecule has 2 aromatic carbocycles. The van der Waals surface area contributed by atoms with Crippen molar-refractivity contribution in [3.63, 3.8) is 0 Å². The van der Waals surface area contributed by atoms with E-state index >= 15 is 0 Å². The molecule has 1 nitrogen and oxygen atoms in total. The third-order valence-electron chi connectivity index (χ3n) is 2.63. The lowest BCUT2D eigenvalue weighted by Crippen LogP contribution is -1.90. The molecular weight excluding hydrogens is 238 g/mol. The predicted molar refractivity (Wildman–Crippen MR) is 80.9 cm³/mol. The van der Waals surface area contributed by atoms with E-state index in [2.05, 4.69) is 38.1 Å². The lowest BCUT2D eigenvalue weighted by atomic mass is 10.2. The van der Waals surface area contributed by atoms with E-state index in [4.69, 9.17) is 4.99 Å². The molecule has 0 spiro atoms. The van der Waals surface area contributed by atoms with Crippen molar-refractivity contribution in [2.45, 2.75) is 25.2 Å². The summed E-state index contributed by atoms with van der Waals surface area (Å²) in [6.45, 7) is 4.28. The minimum absolute atomic E-state index is 0.952. The van der Waals surface area contributed by atoms with Crippen molar-refractivity contribution in [3.05, 3.63) is 60.2 Å². The lowest BCUT2D eigenvalue weighted by molar-refractivity contribution is 1.28. The van der Waals surface area contributed by atoms with E-state index < -0.39 is 0 Å². The molecule has 0 N–H and O–H groups in total. The molecular formula is C16H17NS. The van der Waals surface area contributed by atoms with Gasteiger partial charge in [-0.2, -0.15) is 0 Å². The van der Waals surface area contributed by atoms with E-state index in [1.807, 2.05) is 30.3 Å². The molecule has 2 aromatic rings. The first-order valence-electron chi connectivity index (χ1n) is 6.15. The van der Waals surface area contributed by atoms with Gasteiger partial charge in [0.2, 0.25) is 0 Å². The smallest absolute Gasteiger partial charge is 0.0783 e. The van der Waals surface area contributed by atoms with Crippen LogP contribution in [0.15, 0.2) is 64.5 Å². The summed E-state index contributed by atoms with van der Waals surface area (Å²) in [4.78, 5) is 5.98. The van der Waals surface area contributed by atoms with Gasteiger partial charge in [-0.25, -0.2) is 4.99 Å². The fourth-order valence-corrected chi connectivity index (χ4v) is 2.54. The molecule has 0 aliphatic heterocycles. The Labute approximate surface area is 113 Å². The van der Waals surface area contributed by atoms with Gasteiger partial charge < -0.3 is 0 Å². The highest BCUT2D eigenvalue weighted by Gasteiger charge is 2.03. The van der Waals surface area contributed by atoms with Gasteiger partial charge in [-0.3, -0.25) is 0 Å². The van der Waals surface area contributed by atoms with Crippen molar-refractivity contribution in [3.8, 4) is 0 Å². The van der Waals surface area contributed by atoms with Crippen LogP contribution in [0.1, 0.15) is 18.9 Å². The zero-order valence-corrected chi connectivity index (χ0v) is 11.6. The molecule has 0 heterocycles. The third kappa shape index (κ3) is 3.47. The third-order valence-corrected chi connectivity index (χ3v) is 3.93. The van der Waals surface area contributed by atoms with Crippen LogP contribution >= 0.6 is 11.8 Å². The fraction of sp³-hybridized carbons (Fsp3) is 0.188. The van der Waals surface area contributed by atoms with Crippen molar-refractivity contribution in [2.75, 3.05) is 0 Å². The van der Waals surface area contributed by atoms with Gasteiger partial charge in [-0.05, 0) is 37.1 Å². The highest BCUT2D eigenvalue weighted by Crippen LogP contribution is 2.26. The number of thioether (sulfide) groups is 1. The molecule has 0 saturated carbocycles. The number of aryl methyl sites for hydroxylation is 1. The Kier molecular flexibility index (Phi) is 4.59. The van der Waals surface area contributed by atoms with Gasteiger partial charge in [0, 0.05) is 4.90 Å². The van der Waals surface area contributed by atoms with Gasteiger partial charge >= 0.3 is 0 Å². The normalized spacial score (nSPS) is 11.6. The summed E-state index contributed by atoms with van der Waals surface area (Å²) in [5.41, 5.74) is 2.33. The van der Waals surface area contributed by atoms with Crippen molar-refractivity contribution < 1.29 is 0 Å². The summed E-state index contributed by atoms with van der Waals surface area (Å²) in [6.07, 6.45) is 0.952.